The molecule has 6 nitrogen and oxygen atoms in total. The molecule has 2 atom stereocenters. The third kappa shape index (κ3) is 13.9. The predicted molar refractivity (Wildman–Crippen MR) is 185 cm³/mol. The Bertz CT molecular complexity index is 966. The fraction of sp³-hybridized carbons (Fsp3) is 0.559. The highest BCUT2D eigenvalue weighted by atomic mass is 32.2. The topological polar surface area (TPSA) is 108 Å². The second-order valence-corrected chi connectivity index (χ2v) is 11.9. The first-order chi connectivity index (χ1) is 19.7. The summed E-state index contributed by atoms with van der Waals surface area (Å²) in [5, 5.41) is 8.72. The van der Waals surface area contributed by atoms with Gasteiger partial charge in [0, 0.05) is 49.7 Å². The maximum Gasteiger partial charge on any atom is 0.0961 e. The molecule has 0 saturated carbocycles. The van der Waals surface area contributed by atoms with Crippen molar-refractivity contribution in [2.24, 2.45) is 23.1 Å². The largest absolute Gasteiger partial charge is 0.399 e. The fourth-order valence-electron chi connectivity index (χ4n) is 4.76. The number of hydrogen-bond donors (Lipinski definition) is 4. The lowest BCUT2D eigenvalue weighted by atomic mass is 9.96. The van der Waals surface area contributed by atoms with Gasteiger partial charge in [-0.05, 0) is 48.6 Å². The molecule has 2 aromatic carbocycles. The average Bonchev–Trinajstić information content (AvgIpc) is 2.97. The van der Waals surface area contributed by atoms with E-state index >= 15 is 0 Å². The number of piperazine rings is 1. The summed E-state index contributed by atoms with van der Waals surface area (Å²) >= 11 is 1.36. The summed E-state index contributed by atoms with van der Waals surface area (Å²) in [5.74, 6) is 0.846. The van der Waals surface area contributed by atoms with Crippen molar-refractivity contribution in [2.45, 2.75) is 78.5 Å². The van der Waals surface area contributed by atoms with E-state index in [4.69, 9.17) is 22.6 Å². The average molecular weight is 583 g/mol. The second kappa shape index (κ2) is 21.4. The second-order valence-electron chi connectivity index (χ2n) is 10.8. The molecular formula is C34H58N6S. The van der Waals surface area contributed by atoms with Crippen LogP contribution in [0.1, 0.15) is 95.2 Å². The Hall–Kier alpha value is -2.32. The summed E-state index contributed by atoms with van der Waals surface area (Å²) in [5.41, 5.74) is 21.5. The normalized spacial score (nSPS) is 14.7. The number of nitrogens with one attached hydrogen (secondary N) is 1. The monoisotopic (exact) mass is 582 g/mol. The van der Waals surface area contributed by atoms with Crippen LogP contribution in [-0.2, 0) is 0 Å². The minimum Gasteiger partial charge on any atom is -0.399 e. The smallest absolute Gasteiger partial charge is 0.0961 e. The van der Waals surface area contributed by atoms with E-state index in [2.05, 4.69) is 56.2 Å². The van der Waals surface area contributed by atoms with E-state index in [1.54, 1.807) is 0 Å². The molecule has 0 amide bonds. The number of unbranched alkanes of at least 4 members (excludes halogenated alkanes) is 1. The highest BCUT2D eigenvalue weighted by molar-refractivity contribution is 8.14. The van der Waals surface area contributed by atoms with Crippen LogP contribution in [0.3, 0.4) is 0 Å². The zero-order valence-electron chi connectivity index (χ0n) is 26.5. The minimum atomic E-state index is -0.302. The van der Waals surface area contributed by atoms with Gasteiger partial charge in [0.25, 0.3) is 0 Å². The van der Waals surface area contributed by atoms with E-state index in [0.29, 0.717) is 10.7 Å². The van der Waals surface area contributed by atoms with Gasteiger partial charge in [-0.15, -0.1) is 0 Å². The zero-order chi connectivity index (χ0) is 30.6. The molecule has 2 aromatic rings. The van der Waals surface area contributed by atoms with Crippen molar-refractivity contribution in [3.05, 3.63) is 71.8 Å². The quantitative estimate of drug-likeness (QED) is 0.118. The molecule has 230 valence electrons. The van der Waals surface area contributed by atoms with Gasteiger partial charge in [0.05, 0.1) is 10.4 Å². The Balaban J connectivity index is 0.00000129. The number of nitrogens with two attached hydrogens (primary N) is 3. The molecule has 0 aromatic heterocycles. The maximum atomic E-state index is 8.54. The molecule has 0 aliphatic carbocycles. The van der Waals surface area contributed by atoms with Crippen LogP contribution in [0, 0.1) is 11.3 Å². The molecule has 1 aliphatic rings. The van der Waals surface area contributed by atoms with Crippen molar-refractivity contribution < 1.29 is 0 Å². The number of nitrogens with zero attached hydrogens (tertiary/aromatic N) is 2. The first-order valence-corrected chi connectivity index (χ1v) is 16.4. The van der Waals surface area contributed by atoms with Gasteiger partial charge in [0.2, 0.25) is 0 Å². The summed E-state index contributed by atoms with van der Waals surface area (Å²) in [6.45, 7) is 20.9. The summed E-state index contributed by atoms with van der Waals surface area (Å²) in [6.07, 6.45) is 7.91. The lowest BCUT2D eigenvalue weighted by Gasteiger charge is -2.37. The van der Waals surface area contributed by atoms with Gasteiger partial charge >= 0.3 is 0 Å². The molecule has 0 radical (unpaired) electrons. The molecule has 2 unspecified atom stereocenters. The van der Waals surface area contributed by atoms with E-state index < -0.39 is 0 Å². The Labute approximate surface area is 255 Å². The van der Waals surface area contributed by atoms with Gasteiger partial charge < -0.3 is 22.1 Å². The van der Waals surface area contributed by atoms with E-state index in [0.717, 1.165) is 55.3 Å². The number of rotatable bonds is 12. The van der Waals surface area contributed by atoms with Crippen LogP contribution < -0.4 is 22.1 Å². The standard InChI is InChI=1S/C29H43N5S.C3H8.C2H7N/c1-4-6-8-23(7-5-2)21-33-17-19-34(20-18-33)27-15-13-26(14-16-27)29(32)35-28(31)25-11-9-24(10-12-25)22(3)30;1-3-2;1-2-3/h9-16,23,28,32H,3-8,17-21,30-31H2,1-2H3;3H2,1-2H3;2-3H2,1H3. The Kier molecular flexibility index (Phi) is 19.2. The van der Waals surface area contributed by atoms with E-state index in [1.165, 1.54) is 62.5 Å². The van der Waals surface area contributed by atoms with E-state index in [1.807, 2.05) is 43.3 Å². The molecule has 7 N–H and O–H groups in total. The molecule has 1 aliphatic heterocycles. The zero-order valence-corrected chi connectivity index (χ0v) is 27.3. The van der Waals surface area contributed by atoms with E-state index in [9.17, 15) is 0 Å². The van der Waals surface area contributed by atoms with Crippen LogP contribution in [0.15, 0.2) is 55.1 Å². The van der Waals surface area contributed by atoms with Gasteiger partial charge in [-0.2, -0.15) is 0 Å². The van der Waals surface area contributed by atoms with Gasteiger partial charge in [-0.25, -0.2) is 0 Å². The minimum absolute atomic E-state index is 0.302. The highest BCUT2D eigenvalue weighted by Gasteiger charge is 2.20. The molecule has 1 saturated heterocycles. The maximum absolute atomic E-state index is 8.54. The van der Waals surface area contributed by atoms with Crippen molar-refractivity contribution in [2.75, 3.05) is 44.2 Å². The van der Waals surface area contributed by atoms with Crippen LogP contribution in [0.5, 0.6) is 0 Å². The molecule has 3 rings (SSSR count). The molecule has 0 spiro atoms. The van der Waals surface area contributed by atoms with Crippen molar-refractivity contribution >= 4 is 28.2 Å². The molecule has 0 bridgehead atoms. The summed E-state index contributed by atoms with van der Waals surface area (Å²) < 4.78 is 0. The summed E-state index contributed by atoms with van der Waals surface area (Å²) in [6, 6.07) is 16.1. The van der Waals surface area contributed by atoms with Crippen molar-refractivity contribution in [3.63, 3.8) is 0 Å². The van der Waals surface area contributed by atoms with Gasteiger partial charge in [0.1, 0.15) is 0 Å². The van der Waals surface area contributed by atoms with Crippen LogP contribution in [0.4, 0.5) is 5.69 Å². The van der Waals surface area contributed by atoms with Crippen molar-refractivity contribution in [1.29, 1.82) is 5.41 Å². The lowest BCUT2D eigenvalue weighted by Crippen LogP contribution is -2.47. The summed E-state index contributed by atoms with van der Waals surface area (Å²) in [7, 11) is 0. The van der Waals surface area contributed by atoms with Crippen LogP contribution in [-0.4, -0.2) is 49.2 Å². The van der Waals surface area contributed by atoms with Crippen LogP contribution >= 0.6 is 11.8 Å². The van der Waals surface area contributed by atoms with Crippen LogP contribution in [0.2, 0.25) is 0 Å². The first-order valence-electron chi connectivity index (χ1n) is 15.6. The Morgan fingerprint density at radius 3 is 1.90 bits per heavy atom. The lowest BCUT2D eigenvalue weighted by molar-refractivity contribution is 0.204. The summed E-state index contributed by atoms with van der Waals surface area (Å²) in [4.78, 5) is 5.13. The molecular weight excluding hydrogens is 524 g/mol. The highest BCUT2D eigenvalue weighted by Crippen LogP contribution is 2.29. The predicted octanol–water partition coefficient (Wildman–Crippen LogP) is 7.44. The van der Waals surface area contributed by atoms with Crippen molar-refractivity contribution in [3.8, 4) is 0 Å². The van der Waals surface area contributed by atoms with Crippen molar-refractivity contribution in [1.82, 2.24) is 4.90 Å². The van der Waals surface area contributed by atoms with Gasteiger partial charge in [-0.3, -0.25) is 10.3 Å². The number of anilines is 1. The van der Waals surface area contributed by atoms with Gasteiger partial charge in [0.15, 0.2) is 0 Å². The number of hydrogen-bond acceptors (Lipinski definition) is 7. The molecule has 1 heterocycles. The Morgan fingerprint density at radius 1 is 0.878 bits per heavy atom. The first kappa shape index (κ1) is 36.7. The fourth-order valence-corrected chi connectivity index (χ4v) is 5.57. The molecule has 7 heteroatoms. The van der Waals surface area contributed by atoms with Crippen LogP contribution in [0.25, 0.3) is 5.70 Å². The third-order valence-corrected chi connectivity index (χ3v) is 7.90. The number of thioether (sulfide) groups is 1. The number of benzene rings is 2. The SMILES string of the molecule is C=C(N)c1ccc(C(N)SC(=N)c2ccc(N3CCN(CC(CCC)CCCC)CC3)cc2)cc1.CCC.CCN. The third-order valence-electron chi connectivity index (χ3n) is 6.90. The van der Waals surface area contributed by atoms with E-state index in [-0.39, 0.29) is 5.37 Å². The Morgan fingerprint density at radius 2 is 1.41 bits per heavy atom. The molecule has 41 heavy (non-hydrogen) atoms. The van der Waals surface area contributed by atoms with Gasteiger partial charge in [-0.1, -0.05) is 115 Å². The molecule has 1 fully saturated rings.